The number of nitrogens with one attached hydrogen (secondary N) is 1. The Labute approximate surface area is 77.9 Å². The maximum atomic E-state index is 5.47. The van der Waals surface area contributed by atoms with Crippen LogP contribution in [0.2, 0.25) is 0 Å². The summed E-state index contributed by atoms with van der Waals surface area (Å²) >= 11 is 0. The molecule has 0 atom stereocenters. The minimum Gasteiger partial charge on any atom is -0.493 e. The van der Waals surface area contributed by atoms with Gasteiger partial charge in [0.05, 0.1) is 6.61 Å². The van der Waals surface area contributed by atoms with Gasteiger partial charge in [0.1, 0.15) is 5.75 Å². The Balaban J connectivity index is 1.95. The minimum atomic E-state index is 0.742. The molecule has 0 radical (unpaired) electrons. The molecule has 2 heteroatoms. The smallest absolute Gasteiger partial charge is 0.122 e. The van der Waals surface area contributed by atoms with Gasteiger partial charge in [-0.25, -0.2) is 0 Å². The van der Waals surface area contributed by atoms with Crippen LogP contribution in [0.25, 0.3) is 0 Å². The SMILES string of the molecule is c1cc2c(cc1C1CNC1)CCO2. The van der Waals surface area contributed by atoms with E-state index in [4.69, 9.17) is 4.74 Å². The van der Waals surface area contributed by atoms with Crippen LogP contribution in [0.15, 0.2) is 18.2 Å². The molecule has 1 N–H and O–H groups in total. The van der Waals surface area contributed by atoms with Crippen molar-refractivity contribution in [2.75, 3.05) is 19.7 Å². The highest BCUT2D eigenvalue weighted by Gasteiger charge is 2.21. The van der Waals surface area contributed by atoms with Crippen LogP contribution >= 0.6 is 0 Å². The summed E-state index contributed by atoms with van der Waals surface area (Å²) in [4.78, 5) is 0. The molecule has 0 unspecified atom stereocenters. The van der Waals surface area contributed by atoms with Crippen molar-refractivity contribution >= 4 is 0 Å². The molecule has 2 aliphatic rings. The molecule has 0 saturated carbocycles. The first kappa shape index (κ1) is 7.39. The maximum Gasteiger partial charge on any atom is 0.122 e. The van der Waals surface area contributed by atoms with Crippen molar-refractivity contribution in [3.8, 4) is 5.75 Å². The summed E-state index contributed by atoms with van der Waals surface area (Å²) in [5, 5.41) is 3.30. The van der Waals surface area contributed by atoms with Crippen LogP contribution in [0.3, 0.4) is 0 Å². The zero-order chi connectivity index (χ0) is 8.67. The van der Waals surface area contributed by atoms with Crippen LogP contribution in [-0.4, -0.2) is 19.7 Å². The monoisotopic (exact) mass is 175 g/mol. The van der Waals surface area contributed by atoms with E-state index in [1.807, 2.05) is 0 Å². The average Bonchev–Trinajstić information content (AvgIpc) is 2.47. The topological polar surface area (TPSA) is 21.3 Å². The fourth-order valence-corrected chi connectivity index (χ4v) is 1.98. The van der Waals surface area contributed by atoms with Crippen molar-refractivity contribution in [3.05, 3.63) is 29.3 Å². The van der Waals surface area contributed by atoms with E-state index in [0.717, 1.165) is 37.8 Å². The standard InChI is InChI=1S/C11H13NO/c1-2-11-9(3-4-13-11)5-8(1)10-6-12-7-10/h1-2,5,10,12H,3-4,6-7H2. The van der Waals surface area contributed by atoms with Crippen LogP contribution in [0.4, 0.5) is 0 Å². The Kier molecular flexibility index (Phi) is 1.56. The fraction of sp³-hybridized carbons (Fsp3) is 0.455. The average molecular weight is 175 g/mol. The summed E-state index contributed by atoms with van der Waals surface area (Å²) in [6.07, 6.45) is 1.09. The third-order valence-electron chi connectivity index (χ3n) is 2.97. The molecule has 1 fully saturated rings. The van der Waals surface area contributed by atoms with Crippen molar-refractivity contribution in [2.45, 2.75) is 12.3 Å². The molecule has 2 aliphatic heterocycles. The Morgan fingerprint density at radius 2 is 2.23 bits per heavy atom. The number of hydrogen-bond donors (Lipinski definition) is 1. The van der Waals surface area contributed by atoms with Crippen molar-refractivity contribution in [2.24, 2.45) is 0 Å². The third-order valence-corrected chi connectivity index (χ3v) is 2.97. The molecule has 3 rings (SSSR count). The highest BCUT2D eigenvalue weighted by molar-refractivity contribution is 5.41. The van der Waals surface area contributed by atoms with Gasteiger partial charge in [-0.3, -0.25) is 0 Å². The first-order chi connectivity index (χ1) is 6.43. The second kappa shape index (κ2) is 2.74. The number of fused-ring (bicyclic) bond motifs is 1. The number of rotatable bonds is 1. The summed E-state index contributed by atoms with van der Waals surface area (Å²) in [5.41, 5.74) is 2.87. The van der Waals surface area contributed by atoms with Crippen molar-refractivity contribution in [1.82, 2.24) is 5.32 Å². The van der Waals surface area contributed by atoms with E-state index in [1.165, 1.54) is 11.1 Å². The van der Waals surface area contributed by atoms with Gasteiger partial charge in [-0.1, -0.05) is 12.1 Å². The largest absolute Gasteiger partial charge is 0.493 e. The van der Waals surface area contributed by atoms with Gasteiger partial charge in [-0.2, -0.15) is 0 Å². The van der Waals surface area contributed by atoms with Gasteiger partial charge in [0.2, 0.25) is 0 Å². The first-order valence-corrected chi connectivity index (χ1v) is 4.90. The van der Waals surface area contributed by atoms with E-state index in [2.05, 4.69) is 23.5 Å². The Morgan fingerprint density at radius 3 is 3.00 bits per heavy atom. The Hall–Kier alpha value is -1.02. The molecule has 13 heavy (non-hydrogen) atoms. The zero-order valence-electron chi connectivity index (χ0n) is 7.55. The van der Waals surface area contributed by atoms with Crippen LogP contribution < -0.4 is 10.1 Å². The lowest BCUT2D eigenvalue weighted by atomic mass is 9.92. The van der Waals surface area contributed by atoms with Gasteiger partial charge in [-0.15, -0.1) is 0 Å². The zero-order valence-corrected chi connectivity index (χ0v) is 7.55. The molecule has 0 aromatic heterocycles. The molecule has 0 spiro atoms. The van der Waals surface area contributed by atoms with E-state index in [0.29, 0.717) is 0 Å². The quantitative estimate of drug-likeness (QED) is 0.694. The van der Waals surface area contributed by atoms with Crippen molar-refractivity contribution in [3.63, 3.8) is 0 Å². The first-order valence-electron chi connectivity index (χ1n) is 4.90. The molecule has 0 amide bonds. The van der Waals surface area contributed by atoms with Crippen LogP contribution in [-0.2, 0) is 6.42 Å². The molecule has 68 valence electrons. The number of benzene rings is 1. The Morgan fingerprint density at radius 1 is 1.31 bits per heavy atom. The molecular formula is C11H13NO. The molecule has 0 aliphatic carbocycles. The summed E-state index contributed by atoms with van der Waals surface area (Å²) < 4.78 is 5.47. The number of hydrogen-bond acceptors (Lipinski definition) is 2. The van der Waals surface area contributed by atoms with Gasteiger partial charge in [0.15, 0.2) is 0 Å². The van der Waals surface area contributed by atoms with Crippen LogP contribution in [0.1, 0.15) is 17.0 Å². The van der Waals surface area contributed by atoms with Crippen molar-refractivity contribution < 1.29 is 4.74 Å². The van der Waals surface area contributed by atoms with E-state index in [1.54, 1.807) is 0 Å². The van der Waals surface area contributed by atoms with E-state index in [-0.39, 0.29) is 0 Å². The highest BCUT2D eigenvalue weighted by Crippen LogP contribution is 2.29. The highest BCUT2D eigenvalue weighted by atomic mass is 16.5. The molecular weight excluding hydrogens is 162 g/mol. The fourth-order valence-electron chi connectivity index (χ4n) is 1.98. The lowest BCUT2D eigenvalue weighted by Crippen LogP contribution is -2.39. The second-order valence-corrected chi connectivity index (χ2v) is 3.82. The summed E-state index contributed by atoms with van der Waals surface area (Å²) in [7, 11) is 0. The van der Waals surface area contributed by atoms with Crippen LogP contribution in [0.5, 0.6) is 5.75 Å². The second-order valence-electron chi connectivity index (χ2n) is 3.82. The molecule has 2 heterocycles. The van der Waals surface area contributed by atoms with Gasteiger partial charge >= 0.3 is 0 Å². The summed E-state index contributed by atoms with van der Waals surface area (Å²) in [6, 6.07) is 6.64. The van der Waals surface area contributed by atoms with E-state index < -0.39 is 0 Å². The van der Waals surface area contributed by atoms with E-state index >= 15 is 0 Å². The van der Waals surface area contributed by atoms with Gasteiger partial charge in [0.25, 0.3) is 0 Å². The predicted molar refractivity (Wildman–Crippen MR) is 51.3 cm³/mol. The molecule has 1 saturated heterocycles. The number of ether oxygens (including phenoxy) is 1. The van der Waals surface area contributed by atoms with Crippen molar-refractivity contribution in [1.29, 1.82) is 0 Å². The lowest BCUT2D eigenvalue weighted by Gasteiger charge is -2.27. The molecule has 1 aromatic carbocycles. The molecule has 2 nitrogen and oxygen atoms in total. The minimum absolute atomic E-state index is 0.742. The summed E-state index contributed by atoms with van der Waals surface area (Å²) in [6.45, 7) is 3.14. The van der Waals surface area contributed by atoms with Crippen LogP contribution in [0, 0.1) is 0 Å². The predicted octanol–water partition coefficient (Wildman–Crippen LogP) is 1.31. The van der Waals surface area contributed by atoms with E-state index in [9.17, 15) is 0 Å². The summed E-state index contributed by atoms with van der Waals surface area (Å²) in [5.74, 6) is 1.84. The molecule has 1 aromatic rings. The van der Waals surface area contributed by atoms with Gasteiger partial charge in [0, 0.05) is 25.4 Å². The lowest BCUT2D eigenvalue weighted by molar-refractivity contribution is 0.356. The normalized spacial score (nSPS) is 20.6. The molecule has 0 bridgehead atoms. The third kappa shape index (κ3) is 1.13. The van der Waals surface area contributed by atoms with Gasteiger partial charge < -0.3 is 10.1 Å². The Bertz CT molecular complexity index is 331. The van der Waals surface area contributed by atoms with Gasteiger partial charge in [-0.05, 0) is 17.2 Å². The maximum absolute atomic E-state index is 5.47.